The van der Waals surface area contributed by atoms with E-state index in [1.165, 1.54) is 0 Å². The second-order valence-electron chi connectivity index (χ2n) is 29.9. The van der Waals surface area contributed by atoms with Gasteiger partial charge in [0, 0.05) is 143 Å². The van der Waals surface area contributed by atoms with Crippen LogP contribution in [0.3, 0.4) is 0 Å². The molecule has 8 aromatic rings. The van der Waals surface area contributed by atoms with Crippen molar-refractivity contribution in [3.63, 3.8) is 0 Å². The standard InChI is InChI=1S/C88H92N4O16/c1-53-65-41-67-54(2)69-43-71-56(4)72-44-70-55(3)68-42-66(53)78-74(46-98-62-27-19-58(20-28-62)86(94)90-35-11-6-12-36-90)80(68)104-51-106-82(70)76(48-100-64-31-23-60(24-32-64)88(96)92-39-15-8-16-40-92)84(72)108-52-107-83(71)75(47-99-63-29-21-59(22-30-63)87(95)91-37-13-7-14-38-91)81(69)105-50-103-79(67)73(77(65)101-49-102-78)45-97-61-25-17-57(18-26-61)85(93)89-33-9-5-10-34-89/h17-32,41-44,53-56H,5-16,33-40,45-52H2,1-4H3. The van der Waals surface area contributed by atoms with Crippen LogP contribution in [-0.2, 0) is 26.4 Å². The van der Waals surface area contributed by atoms with Gasteiger partial charge in [-0.3, -0.25) is 19.2 Å². The van der Waals surface area contributed by atoms with Crippen molar-refractivity contribution >= 4 is 23.6 Å². The van der Waals surface area contributed by atoms with E-state index in [9.17, 15) is 19.2 Å². The molecule has 108 heavy (non-hydrogen) atoms. The van der Waals surface area contributed by atoms with Gasteiger partial charge in [0.15, 0.2) is 0 Å². The maximum atomic E-state index is 13.7. The van der Waals surface area contributed by atoms with Crippen molar-refractivity contribution in [1.29, 1.82) is 0 Å². The predicted molar refractivity (Wildman–Crippen MR) is 402 cm³/mol. The van der Waals surface area contributed by atoms with Gasteiger partial charge in [-0.2, -0.15) is 0 Å². The molecule has 20 heteroatoms. The molecule has 0 unspecified atom stereocenters. The molecular formula is C88H92N4O16. The Morgan fingerprint density at radius 3 is 0.602 bits per heavy atom. The first-order valence-electron chi connectivity index (χ1n) is 38.8. The van der Waals surface area contributed by atoms with E-state index < -0.39 is 23.7 Å². The van der Waals surface area contributed by atoms with Crippen LogP contribution in [0, 0.1) is 0 Å². The third kappa shape index (κ3) is 13.6. The first kappa shape index (κ1) is 70.2. The molecule has 4 saturated heterocycles. The van der Waals surface area contributed by atoms with Crippen LogP contribution < -0.4 is 56.8 Å². The zero-order valence-corrected chi connectivity index (χ0v) is 62.0. The molecule has 0 saturated carbocycles. The highest BCUT2D eigenvalue weighted by atomic mass is 16.7. The third-order valence-corrected chi connectivity index (χ3v) is 23.4. The SMILES string of the molecule is CC1c2cc3c4c(COc5ccc(C(=O)N6CCCCC6)cc5)c2OCOc2c1cc1c(c2COc2ccc(C(=O)N5CCCCC5)cc2)OCOc2c(cc5c(c2COc2ccc(C(=O)N6CCCCC6)cc2)OCOc2c(cc(c(c2COc2ccc(C(=O)N6CCCCC6)cc2)OCO4)C3C)C5C)C1C. The van der Waals surface area contributed by atoms with Crippen molar-refractivity contribution in [2.45, 2.75) is 155 Å². The summed E-state index contributed by atoms with van der Waals surface area (Å²) in [6.45, 7) is 13.6. The molecule has 0 aromatic heterocycles. The Labute approximate surface area is 629 Å². The Balaban J connectivity index is 0.824. The fourth-order valence-corrected chi connectivity index (χ4v) is 17.2. The molecule has 4 amide bonds. The average molecular weight is 1460 g/mol. The maximum Gasteiger partial charge on any atom is 0.253 e. The topological polar surface area (TPSA) is 192 Å². The van der Waals surface area contributed by atoms with Crippen LogP contribution in [-0.4, -0.2) is 123 Å². The summed E-state index contributed by atoms with van der Waals surface area (Å²) in [6.07, 6.45) is 12.4. The Morgan fingerprint density at radius 1 is 0.269 bits per heavy atom. The van der Waals surface area contributed by atoms with Crippen LogP contribution in [0.25, 0.3) is 0 Å². The minimum atomic E-state index is -0.461. The molecule has 0 spiro atoms. The molecule has 8 bridgehead atoms. The number of carbonyl (C=O) groups excluding carboxylic acids is 4. The summed E-state index contributed by atoms with van der Waals surface area (Å²) in [7, 11) is 0. The van der Waals surface area contributed by atoms with Crippen molar-refractivity contribution in [3.05, 3.63) is 210 Å². The van der Waals surface area contributed by atoms with Gasteiger partial charge in [-0.05, 0) is 198 Å². The number of piperidine rings is 4. The van der Waals surface area contributed by atoms with Crippen LogP contribution in [0.15, 0.2) is 121 Å². The molecule has 1 aliphatic carbocycles. The number of carbonyl (C=O) groups is 4. The highest BCUT2D eigenvalue weighted by molar-refractivity contribution is 5.96. The van der Waals surface area contributed by atoms with Crippen molar-refractivity contribution < 1.29 is 76.0 Å². The lowest BCUT2D eigenvalue weighted by atomic mass is 9.78. The number of ether oxygens (including phenoxy) is 12. The number of amides is 4. The van der Waals surface area contributed by atoms with Crippen LogP contribution in [0.1, 0.15) is 237 Å². The number of rotatable bonds is 16. The smallest absolute Gasteiger partial charge is 0.253 e. The number of likely N-dealkylation sites (tertiary alicyclic amines) is 4. The molecule has 0 atom stereocenters. The number of nitrogens with zero attached hydrogens (tertiary/aromatic N) is 4. The molecule has 560 valence electrons. The summed E-state index contributed by atoms with van der Waals surface area (Å²) in [5, 5.41) is 0. The van der Waals surface area contributed by atoms with Gasteiger partial charge in [0.25, 0.3) is 23.6 Å². The van der Waals surface area contributed by atoms with Gasteiger partial charge in [-0.15, -0.1) is 0 Å². The lowest BCUT2D eigenvalue weighted by Gasteiger charge is -2.36. The Bertz CT molecular complexity index is 4010. The molecule has 4 fully saturated rings. The second-order valence-corrected chi connectivity index (χ2v) is 29.9. The average Bonchev–Trinajstić information content (AvgIpc) is 0.726. The Kier molecular flexibility index (Phi) is 19.8. The second kappa shape index (κ2) is 30.5. The quantitative estimate of drug-likeness (QED) is 0.0886. The Morgan fingerprint density at radius 2 is 0.435 bits per heavy atom. The van der Waals surface area contributed by atoms with E-state index in [1.807, 2.05) is 117 Å². The fourth-order valence-electron chi connectivity index (χ4n) is 17.2. The number of hydrogen-bond donors (Lipinski definition) is 0. The lowest BCUT2D eigenvalue weighted by molar-refractivity contribution is 0.0717. The van der Waals surface area contributed by atoms with E-state index in [4.69, 9.17) is 56.8 Å². The summed E-state index contributed by atoms with van der Waals surface area (Å²) < 4.78 is 83.6. The van der Waals surface area contributed by atoms with E-state index in [0.29, 0.717) is 114 Å². The summed E-state index contributed by atoms with van der Waals surface area (Å²) >= 11 is 0. The Hall–Kier alpha value is -10.8. The number of hydrogen-bond acceptors (Lipinski definition) is 16. The van der Waals surface area contributed by atoms with Gasteiger partial charge >= 0.3 is 0 Å². The highest BCUT2D eigenvalue weighted by Gasteiger charge is 2.41. The summed E-state index contributed by atoms with van der Waals surface area (Å²) in [6, 6.07) is 38.2. The van der Waals surface area contributed by atoms with Crippen LogP contribution in [0.4, 0.5) is 0 Å². The minimum absolute atomic E-state index is 0.00562. The molecular weight excluding hydrogens is 1370 g/mol. The van der Waals surface area contributed by atoms with Crippen LogP contribution in [0.5, 0.6) is 69.0 Å². The molecule has 8 heterocycles. The first-order chi connectivity index (χ1) is 52.9. The zero-order valence-electron chi connectivity index (χ0n) is 62.0. The monoisotopic (exact) mass is 1460 g/mol. The predicted octanol–water partition coefficient (Wildman–Crippen LogP) is 16.3. The minimum Gasteiger partial charge on any atom is -0.489 e. The van der Waals surface area contributed by atoms with E-state index in [0.717, 1.165) is 174 Å². The van der Waals surface area contributed by atoms with E-state index in [-0.39, 0.29) is 77.2 Å². The normalized spacial score (nSPS) is 19.6. The van der Waals surface area contributed by atoms with Gasteiger partial charge in [-0.25, -0.2) is 0 Å². The third-order valence-electron chi connectivity index (χ3n) is 23.4. The molecule has 8 aliphatic heterocycles. The molecule has 17 rings (SSSR count). The van der Waals surface area contributed by atoms with Crippen molar-refractivity contribution in [1.82, 2.24) is 19.6 Å². The van der Waals surface area contributed by atoms with E-state index in [1.54, 1.807) is 0 Å². The maximum absolute atomic E-state index is 13.7. The molecule has 0 N–H and O–H groups in total. The van der Waals surface area contributed by atoms with Crippen molar-refractivity contribution in [2.75, 3.05) is 79.5 Å². The summed E-state index contributed by atoms with van der Waals surface area (Å²) in [4.78, 5) is 62.7. The van der Waals surface area contributed by atoms with Gasteiger partial charge in [0.2, 0.25) is 27.2 Å². The fraction of sp³-hybridized carbons (Fsp3) is 0.409. The van der Waals surface area contributed by atoms with Crippen molar-refractivity contribution in [3.8, 4) is 69.0 Å². The van der Waals surface area contributed by atoms with Gasteiger partial charge in [0.05, 0.1) is 22.3 Å². The number of benzene rings is 8. The summed E-state index contributed by atoms with van der Waals surface area (Å²) in [5.41, 5.74) is 11.7. The van der Waals surface area contributed by atoms with Gasteiger partial charge < -0.3 is 76.4 Å². The van der Waals surface area contributed by atoms with Gasteiger partial charge in [0.1, 0.15) is 95.4 Å². The largest absolute Gasteiger partial charge is 0.489 e. The molecule has 20 nitrogen and oxygen atoms in total. The lowest BCUT2D eigenvalue weighted by Crippen LogP contribution is -2.35. The van der Waals surface area contributed by atoms with Crippen molar-refractivity contribution in [2.24, 2.45) is 0 Å². The zero-order chi connectivity index (χ0) is 73.5. The van der Waals surface area contributed by atoms with Crippen LogP contribution in [0.2, 0.25) is 0 Å². The van der Waals surface area contributed by atoms with Crippen LogP contribution >= 0.6 is 0 Å². The first-order valence-corrected chi connectivity index (χ1v) is 38.8. The molecule has 8 aromatic carbocycles. The van der Waals surface area contributed by atoms with E-state index in [2.05, 4.69) is 52.0 Å². The molecule has 0 radical (unpaired) electrons. The van der Waals surface area contributed by atoms with Gasteiger partial charge in [-0.1, -0.05) is 27.7 Å². The summed E-state index contributed by atoms with van der Waals surface area (Å²) in [5.74, 6) is 4.54. The highest BCUT2D eigenvalue weighted by Crippen LogP contribution is 2.57. The molecule has 9 aliphatic rings. The van der Waals surface area contributed by atoms with E-state index >= 15 is 0 Å².